The van der Waals surface area contributed by atoms with Crippen molar-refractivity contribution < 1.29 is 23.8 Å². The van der Waals surface area contributed by atoms with Crippen LogP contribution in [-0.2, 0) is 4.74 Å². The van der Waals surface area contributed by atoms with Crippen molar-refractivity contribution in [3.63, 3.8) is 0 Å². The molecule has 0 saturated carbocycles. The van der Waals surface area contributed by atoms with E-state index in [1.165, 1.54) is 31.4 Å². The fourth-order valence-corrected chi connectivity index (χ4v) is 2.53. The minimum Gasteiger partial charge on any atom is -0.485 e. The molecule has 0 atom stereocenters. The summed E-state index contributed by atoms with van der Waals surface area (Å²) in [5.41, 5.74) is 0.656. The number of esters is 1. The molecular weight excluding hydrogens is 329 g/mol. The number of aromatic amines is 1. The second-order valence-corrected chi connectivity index (χ2v) is 5.67. The molecule has 0 aliphatic rings. The molecule has 0 spiro atoms. The number of halogens is 1. The lowest BCUT2D eigenvalue weighted by atomic mass is 9.93. The number of nitrogens with one attached hydrogen (secondary N) is 1. The van der Waals surface area contributed by atoms with Crippen molar-refractivity contribution in [1.29, 1.82) is 0 Å². The number of aromatic nitrogens is 1. The van der Waals surface area contributed by atoms with E-state index in [0.29, 0.717) is 11.3 Å². The molecule has 0 aliphatic carbocycles. The maximum Gasteiger partial charge on any atom is 0.340 e. The van der Waals surface area contributed by atoms with E-state index < -0.39 is 17.3 Å². The third-order valence-corrected chi connectivity index (χ3v) is 3.64. The summed E-state index contributed by atoms with van der Waals surface area (Å²) in [4.78, 5) is 27.6. The van der Waals surface area contributed by atoms with Crippen LogP contribution in [0.25, 0.3) is 11.1 Å². The van der Waals surface area contributed by atoms with Gasteiger partial charge in [0, 0.05) is 11.3 Å². The number of pyridine rings is 1. The van der Waals surface area contributed by atoms with Gasteiger partial charge in [0.2, 0.25) is 0 Å². The van der Waals surface area contributed by atoms with E-state index in [-0.39, 0.29) is 36.0 Å². The maximum absolute atomic E-state index is 13.3. The van der Waals surface area contributed by atoms with Crippen molar-refractivity contribution in [3.8, 4) is 16.9 Å². The summed E-state index contributed by atoms with van der Waals surface area (Å²) >= 11 is 0. The number of benzene rings is 1. The highest BCUT2D eigenvalue weighted by molar-refractivity contribution is 6.00. The van der Waals surface area contributed by atoms with Gasteiger partial charge in [-0.15, -0.1) is 0 Å². The molecule has 1 heterocycles. The summed E-state index contributed by atoms with van der Waals surface area (Å²) in [5.74, 6) is -1.39. The Labute approximate surface area is 144 Å². The first-order chi connectivity index (χ1) is 11.9. The van der Waals surface area contributed by atoms with Crippen molar-refractivity contribution in [2.75, 3.05) is 20.3 Å². The van der Waals surface area contributed by atoms with Gasteiger partial charge < -0.3 is 19.6 Å². The van der Waals surface area contributed by atoms with Crippen molar-refractivity contribution >= 4 is 5.97 Å². The minimum atomic E-state index is -0.645. The highest BCUT2D eigenvalue weighted by Gasteiger charge is 2.27. The van der Waals surface area contributed by atoms with Crippen molar-refractivity contribution in [2.24, 2.45) is 0 Å². The van der Waals surface area contributed by atoms with Gasteiger partial charge in [0.15, 0.2) is 5.75 Å². The van der Waals surface area contributed by atoms with Gasteiger partial charge in [0.05, 0.1) is 19.3 Å². The zero-order chi connectivity index (χ0) is 18.6. The molecule has 0 aliphatic heterocycles. The molecule has 2 aromatic rings. The van der Waals surface area contributed by atoms with Gasteiger partial charge in [-0.1, -0.05) is 26.0 Å². The number of hydrogen-bond acceptors (Lipinski definition) is 5. The van der Waals surface area contributed by atoms with E-state index in [0.717, 1.165) is 0 Å². The number of aliphatic hydroxyl groups excluding tert-OH is 1. The molecular formula is C18H20FNO5. The standard InChI is InChI=1S/C18H20FNO5/c1-10(2)15-14(18(23)24-3)13(11-4-6-12(19)7-5-11)16(17(22)20-15)25-9-8-21/h4-7,10,21H,8-9H2,1-3H3,(H,20,22). The predicted octanol–water partition coefficient (Wildman–Crippen LogP) is 2.46. The molecule has 7 heteroatoms. The van der Waals surface area contributed by atoms with Crippen LogP contribution in [0, 0.1) is 5.82 Å². The summed E-state index contributed by atoms with van der Waals surface area (Å²) in [7, 11) is 1.24. The van der Waals surface area contributed by atoms with Crippen LogP contribution in [0.2, 0.25) is 0 Å². The Morgan fingerprint density at radius 2 is 1.92 bits per heavy atom. The topological polar surface area (TPSA) is 88.6 Å². The summed E-state index contributed by atoms with van der Waals surface area (Å²) in [6.07, 6.45) is 0. The van der Waals surface area contributed by atoms with Crippen molar-refractivity contribution in [3.05, 3.63) is 51.7 Å². The van der Waals surface area contributed by atoms with Crippen LogP contribution in [-0.4, -0.2) is 36.4 Å². The fraction of sp³-hybridized carbons (Fsp3) is 0.333. The third kappa shape index (κ3) is 3.88. The smallest absolute Gasteiger partial charge is 0.340 e. The number of ether oxygens (including phenoxy) is 2. The second-order valence-electron chi connectivity index (χ2n) is 5.67. The van der Waals surface area contributed by atoms with Crippen LogP contribution in [0.5, 0.6) is 5.75 Å². The van der Waals surface area contributed by atoms with E-state index >= 15 is 0 Å². The number of carbonyl (C=O) groups is 1. The summed E-state index contributed by atoms with van der Waals surface area (Å²) in [6, 6.07) is 5.35. The lowest BCUT2D eigenvalue weighted by Gasteiger charge is -2.19. The van der Waals surface area contributed by atoms with E-state index in [2.05, 4.69) is 4.98 Å². The maximum atomic E-state index is 13.3. The Bertz CT molecular complexity index is 811. The second kappa shape index (κ2) is 7.94. The lowest BCUT2D eigenvalue weighted by molar-refractivity contribution is 0.0598. The number of carbonyl (C=O) groups excluding carboxylic acids is 1. The molecule has 0 radical (unpaired) electrons. The molecule has 0 amide bonds. The zero-order valence-electron chi connectivity index (χ0n) is 14.3. The minimum absolute atomic E-state index is 0.120. The summed E-state index contributed by atoms with van der Waals surface area (Å²) in [5, 5.41) is 9.01. The molecule has 0 saturated heterocycles. The average Bonchev–Trinajstić information content (AvgIpc) is 2.59. The van der Waals surface area contributed by atoms with E-state index in [4.69, 9.17) is 14.6 Å². The van der Waals surface area contributed by atoms with Crippen LogP contribution in [0.1, 0.15) is 35.8 Å². The number of aliphatic hydroxyl groups is 1. The Morgan fingerprint density at radius 3 is 2.44 bits per heavy atom. The number of rotatable bonds is 6. The summed E-state index contributed by atoms with van der Waals surface area (Å²) < 4.78 is 23.5. The molecule has 0 bridgehead atoms. The molecule has 0 fully saturated rings. The largest absolute Gasteiger partial charge is 0.485 e. The molecule has 2 N–H and O–H groups in total. The average molecular weight is 349 g/mol. The molecule has 1 aromatic carbocycles. The van der Waals surface area contributed by atoms with Gasteiger partial charge in [0.1, 0.15) is 12.4 Å². The van der Waals surface area contributed by atoms with E-state index in [1.54, 1.807) is 0 Å². The molecule has 134 valence electrons. The quantitative estimate of drug-likeness (QED) is 0.782. The SMILES string of the molecule is COC(=O)c1c(C(C)C)[nH]c(=O)c(OCCO)c1-c1ccc(F)cc1. The van der Waals surface area contributed by atoms with Gasteiger partial charge in [-0.25, -0.2) is 9.18 Å². The number of methoxy groups -OCH3 is 1. The monoisotopic (exact) mass is 349 g/mol. The normalized spacial score (nSPS) is 10.8. The molecule has 1 aromatic heterocycles. The molecule has 25 heavy (non-hydrogen) atoms. The van der Waals surface area contributed by atoms with Gasteiger partial charge in [0.25, 0.3) is 5.56 Å². The van der Waals surface area contributed by atoms with Gasteiger partial charge in [-0.3, -0.25) is 4.79 Å². The lowest BCUT2D eigenvalue weighted by Crippen LogP contribution is -2.22. The summed E-state index contributed by atoms with van der Waals surface area (Å²) in [6.45, 7) is 3.21. The first kappa shape index (κ1) is 18.7. The van der Waals surface area contributed by atoms with Gasteiger partial charge >= 0.3 is 5.97 Å². The highest BCUT2D eigenvalue weighted by Crippen LogP contribution is 2.35. The number of H-pyrrole nitrogens is 1. The van der Waals surface area contributed by atoms with Gasteiger partial charge in [-0.2, -0.15) is 0 Å². The van der Waals surface area contributed by atoms with Crippen LogP contribution in [0.3, 0.4) is 0 Å². The van der Waals surface area contributed by atoms with Crippen LogP contribution in [0.15, 0.2) is 29.1 Å². The Balaban J connectivity index is 2.87. The van der Waals surface area contributed by atoms with Crippen LogP contribution < -0.4 is 10.3 Å². The first-order valence-electron chi connectivity index (χ1n) is 7.78. The third-order valence-electron chi connectivity index (χ3n) is 3.64. The Kier molecular flexibility index (Phi) is 5.93. The van der Waals surface area contributed by atoms with Crippen molar-refractivity contribution in [2.45, 2.75) is 19.8 Å². The van der Waals surface area contributed by atoms with Gasteiger partial charge in [-0.05, 0) is 23.6 Å². The predicted molar refractivity (Wildman–Crippen MR) is 90.5 cm³/mol. The fourth-order valence-electron chi connectivity index (χ4n) is 2.53. The number of hydrogen-bond donors (Lipinski definition) is 2. The van der Waals surface area contributed by atoms with E-state index in [1.807, 2.05) is 13.8 Å². The molecule has 0 unspecified atom stereocenters. The Morgan fingerprint density at radius 1 is 1.28 bits per heavy atom. The Hall–Kier alpha value is -2.67. The van der Waals surface area contributed by atoms with Crippen LogP contribution in [0.4, 0.5) is 4.39 Å². The zero-order valence-corrected chi connectivity index (χ0v) is 14.3. The van der Waals surface area contributed by atoms with E-state index in [9.17, 15) is 14.0 Å². The highest BCUT2D eigenvalue weighted by atomic mass is 19.1. The van der Waals surface area contributed by atoms with Crippen LogP contribution >= 0.6 is 0 Å². The first-order valence-corrected chi connectivity index (χ1v) is 7.78. The molecule has 6 nitrogen and oxygen atoms in total. The van der Waals surface area contributed by atoms with Crippen molar-refractivity contribution in [1.82, 2.24) is 4.98 Å². The molecule has 2 rings (SSSR count).